The average Bonchev–Trinajstić information content (AvgIpc) is 2.85. The smallest absolute Gasteiger partial charge is 0.238 e. The fourth-order valence-electron chi connectivity index (χ4n) is 3.17. The number of hydrogen-bond donors (Lipinski definition) is 1. The molecule has 6 heteroatoms. The number of nitrogens with zero attached hydrogens (tertiary/aromatic N) is 1. The van der Waals surface area contributed by atoms with Gasteiger partial charge in [0, 0.05) is 12.6 Å². The van der Waals surface area contributed by atoms with Crippen LogP contribution in [0.5, 0.6) is 0 Å². The normalized spacial score (nSPS) is 20.0. The molecule has 24 heavy (non-hydrogen) atoms. The number of rotatable bonds is 7. The van der Waals surface area contributed by atoms with Crippen LogP contribution in [0.3, 0.4) is 0 Å². The second-order valence-corrected chi connectivity index (χ2v) is 8.94. The Bertz CT molecular complexity index is 643. The van der Waals surface area contributed by atoms with Crippen molar-refractivity contribution in [1.29, 1.82) is 0 Å². The lowest BCUT2D eigenvalue weighted by atomic mass is 10.0. The van der Waals surface area contributed by atoms with Gasteiger partial charge in [-0.15, -0.1) is 0 Å². The summed E-state index contributed by atoms with van der Waals surface area (Å²) in [4.78, 5) is 12.7. The lowest BCUT2D eigenvalue weighted by Gasteiger charge is -2.29. The van der Waals surface area contributed by atoms with Crippen molar-refractivity contribution in [3.8, 4) is 0 Å². The number of sulfonamides is 1. The highest BCUT2D eigenvalue weighted by molar-refractivity contribution is 7.89. The van der Waals surface area contributed by atoms with Gasteiger partial charge in [0.05, 0.1) is 5.75 Å². The maximum absolute atomic E-state index is 12.7. The van der Waals surface area contributed by atoms with E-state index in [0.29, 0.717) is 13.0 Å². The Morgan fingerprint density at radius 3 is 2.42 bits per heavy atom. The number of aryl methyl sites for hydroxylation is 1. The Morgan fingerprint density at radius 2 is 1.88 bits per heavy atom. The summed E-state index contributed by atoms with van der Waals surface area (Å²) >= 11 is 0. The third kappa shape index (κ3) is 4.80. The van der Waals surface area contributed by atoms with Gasteiger partial charge in [0.1, 0.15) is 6.04 Å². The monoisotopic (exact) mass is 352 g/mol. The minimum absolute atomic E-state index is 0.00395. The summed E-state index contributed by atoms with van der Waals surface area (Å²) < 4.78 is 25.7. The predicted molar refractivity (Wildman–Crippen MR) is 96.1 cm³/mol. The van der Waals surface area contributed by atoms with Crippen LogP contribution >= 0.6 is 0 Å². The topological polar surface area (TPSA) is 66.5 Å². The average molecular weight is 353 g/mol. The van der Waals surface area contributed by atoms with E-state index in [1.165, 1.54) is 9.87 Å². The van der Waals surface area contributed by atoms with E-state index in [0.717, 1.165) is 12.8 Å². The molecule has 1 aromatic rings. The van der Waals surface area contributed by atoms with Crippen molar-refractivity contribution in [3.05, 3.63) is 35.9 Å². The molecular formula is C18H28N2O3S. The Hall–Kier alpha value is -1.40. The zero-order valence-corrected chi connectivity index (χ0v) is 15.6. The molecule has 2 atom stereocenters. The fourth-order valence-corrected chi connectivity index (χ4v) is 4.99. The molecule has 134 valence electrons. The SMILES string of the molecule is CC(C)[C@H](C(=O)N[C@@H](C)CCc1ccccc1)N1CCCS1(=O)=O. The summed E-state index contributed by atoms with van der Waals surface area (Å²) in [6.07, 6.45) is 2.31. The van der Waals surface area contributed by atoms with Gasteiger partial charge in [0.15, 0.2) is 0 Å². The summed E-state index contributed by atoms with van der Waals surface area (Å²) in [5.74, 6) is -0.0946. The van der Waals surface area contributed by atoms with Gasteiger partial charge in [0.25, 0.3) is 0 Å². The zero-order chi connectivity index (χ0) is 17.7. The highest BCUT2D eigenvalue weighted by Gasteiger charge is 2.40. The van der Waals surface area contributed by atoms with Crippen LogP contribution in [0.25, 0.3) is 0 Å². The number of nitrogens with one attached hydrogen (secondary N) is 1. The molecule has 1 aromatic carbocycles. The minimum atomic E-state index is -3.29. The molecule has 0 aliphatic carbocycles. The highest BCUT2D eigenvalue weighted by Crippen LogP contribution is 2.22. The molecule has 1 N–H and O–H groups in total. The van der Waals surface area contributed by atoms with Gasteiger partial charge in [-0.25, -0.2) is 8.42 Å². The predicted octanol–water partition coefficient (Wildman–Crippen LogP) is 2.18. The summed E-state index contributed by atoms with van der Waals surface area (Å²) in [5, 5.41) is 3.00. The summed E-state index contributed by atoms with van der Waals surface area (Å²) in [6, 6.07) is 9.53. The van der Waals surface area contributed by atoms with Crippen molar-refractivity contribution in [2.24, 2.45) is 5.92 Å². The molecule has 1 aliphatic heterocycles. The fraction of sp³-hybridized carbons (Fsp3) is 0.611. The standard InChI is InChI=1S/C18H28N2O3S/c1-14(2)17(20-12-7-13-24(20,22)23)18(21)19-15(3)10-11-16-8-5-4-6-9-16/h4-6,8-9,14-15,17H,7,10-13H2,1-3H3,(H,19,21)/t15-,17+/m0/s1. The van der Waals surface area contributed by atoms with Crippen molar-refractivity contribution in [1.82, 2.24) is 9.62 Å². The number of hydrogen-bond acceptors (Lipinski definition) is 3. The molecule has 0 unspecified atom stereocenters. The lowest BCUT2D eigenvalue weighted by Crippen LogP contribution is -2.52. The highest BCUT2D eigenvalue weighted by atomic mass is 32.2. The summed E-state index contributed by atoms with van der Waals surface area (Å²) in [7, 11) is -3.29. The van der Waals surface area contributed by atoms with E-state index < -0.39 is 16.1 Å². The van der Waals surface area contributed by atoms with Gasteiger partial charge in [-0.1, -0.05) is 44.2 Å². The quantitative estimate of drug-likeness (QED) is 0.818. The first-order chi connectivity index (χ1) is 11.3. The zero-order valence-electron chi connectivity index (χ0n) is 14.7. The van der Waals surface area contributed by atoms with Crippen LogP contribution in [0, 0.1) is 5.92 Å². The van der Waals surface area contributed by atoms with E-state index in [4.69, 9.17) is 0 Å². The maximum atomic E-state index is 12.7. The molecule has 1 saturated heterocycles. The largest absolute Gasteiger partial charge is 0.352 e. The van der Waals surface area contributed by atoms with E-state index in [9.17, 15) is 13.2 Å². The second-order valence-electron chi connectivity index (χ2n) is 6.90. The van der Waals surface area contributed by atoms with Crippen LogP contribution in [0.4, 0.5) is 0 Å². The Kier molecular flexibility index (Phi) is 6.40. The molecule has 2 rings (SSSR count). The van der Waals surface area contributed by atoms with Crippen LogP contribution < -0.4 is 5.32 Å². The first-order valence-corrected chi connectivity index (χ1v) is 10.3. The second kappa shape index (κ2) is 8.12. The van der Waals surface area contributed by atoms with Crippen LogP contribution in [0.1, 0.15) is 39.2 Å². The van der Waals surface area contributed by atoms with Crippen molar-refractivity contribution >= 4 is 15.9 Å². The molecule has 1 aliphatic rings. The summed E-state index contributed by atoms with van der Waals surface area (Å²) in [5.41, 5.74) is 1.24. The Balaban J connectivity index is 1.95. The number of amides is 1. The molecule has 1 fully saturated rings. The molecular weight excluding hydrogens is 324 g/mol. The van der Waals surface area contributed by atoms with E-state index in [2.05, 4.69) is 17.4 Å². The molecule has 0 aromatic heterocycles. The van der Waals surface area contributed by atoms with Gasteiger partial charge in [-0.05, 0) is 37.7 Å². The first-order valence-electron chi connectivity index (χ1n) is 8.65. The van der Waals surface area contributed by atoms with Crippen LogP contribution in [0.15, 0.2) is 30.3 Å². The minimum Gasteiger partial charge on any atom is -0.352 e. The Labute approximate surface area is 145 Å². The van der Waals surface area contributed by atoms with Crippen molar-refractivity contribution in [3.63, 3.8) is 0 Å². The lowest BCUT2D eigenvalue weighted by molar-refractivity contribution is -0.126. The number of carbonyl (C=O) groups is 1. The van der Waals surface area contributed by atoms with E-state index in [-0.39, 0.29) is 23.6 Å². The maximum Gasteiger partial charge on any atom is 0.238 e. The van der Waals surface area contributed by atoms with Gasteiger partial charge >= 0.3 is 0 Å². The van der Waals surface area contributed by atoms with Crippen molar-refractivity contribution in [2.45, 2.75) is 52.1 Å². The third-order valence-electron chi connectivity index (χ3n) is 4.45. The van der Waals surface area contributed by atoms with Crippen LogP contribution in [-0.2, 0) is 21.2 Å². The van der Waals surface area contributed by atoms with E-state index in [1.54, 1.807) is 0 Å². The van der Waals surface area contributed by atoms with Gasteiger partial charge in [-0.3, -0.25) is 4.79 Å². The van der Waals surface area contributed by atoms with Crippen LogP contribution in [-0.4, -0.2) is 43.0 Å². The van der Waals surface area contributed by atoms with E-state index >= 15 is 0 Å². The number of carbonyl (C=O) groups excluding carboxylic acids is 1. The van der Waals surface area contributed by atoms with Crippen molar-refractivity contribution in [2.75, 3.05) is 12.3 Å². The Morgan fingerprint density at radius 1 is 1.21 bits per heavy atom. The summed E-state index contributed by atoms with van der Waals surface area (Å²) in [6.45, 7) is 6.20. The molecule has 0 saturated carbocycles. The molecule has 1 amide bonds. The van der Waals surface area contributed by atoms with E-state index in [1.807, 2.05) is 39.0 Å². The van der Waals surface area contributed by atoms with Crippen molar-refractivity contribution < 1.29 is 13.2 Å². The molecule has 0 bridgehead atoms. The first kappa shape index (κ1) is 18.9. The number of benzene rings is 1. The molecule has 0 spiro atoms. The van der Waals surface area contributed by atoms with Gasteiger partial charge in [0.2, 0.25) is 15.9 Å². The molecule has 0 radical (unpaired) electrons. The van der Waals surface area contributed by atoms with Crippen LogP contribution in [0.2, 0.25) is 0 Å². The molecule has 5 nitrogen and oxygen atoms in total. The molecule has 1 heterocycles. The van der Waals surface area contributed by atoms with Gasteiger partial charge in [-0.2, -0.15) is 4.31 Å². The third-order valence-corrected chi connectivity index (χ3v) is 6.37. The van der Waals surface area contributed by atoms with Gasteiger partial charge < -0.3 is 5.32 Å².